The molecule has 0 spiro atoms. The second-order valence-electron chi connectivity index (χ2n) is 4.00. The Kier molecular flexibility index (Phi) is 4.50. The molecule has 0 unspecified atom stereocenters. The van der Waals surface area contributed by atoms with Gasteiger partial charge in [0, 0.05) is 18.0 Å². The molecule has 1 aromatic carbocycles. The quantitative estimate of drug-likeness (QED) is 0.772. The first kappa shape index (κ1) is 13.1. The lowest BCUT2D eigenvalue weighted by Gasteiger charge is -2.10. The highest BCUT2D eigenvalue weighted by molar-refractivity contribution is 5.73. The van der Waals surface area contributed by atoms with Crippen molar-refractivity contribution in [1.82, 2.24) is 4.98 Å². The first-order valence-electron chi connectivity index (χ1n) is 5.96. The van der Waals surface area contributed by atoms with Crippen LogP contribution >= 0.6 is 0 Å². The number of hydrogen-bond acceptors (Lipinski definition) is 4. The van der Waals surface area contributed by atoms with E-state index in [0.717, 1.165) is 11.1 Å². The molecule has 0 saturated heterocycles. The number of methoxy groups -OCH3 is 1. The number of ether oxygens (including phenoxy) is 2. The average Bonchev–Trinajstić information content (AvgIpc) is 2.47. The highest BCUT2D eigenvalue weighted by Gasteiger charge is 2.08. The Labute approximate surface area is 112 Å². The maximum atomic E-state index is 11.3. The molecule has 0 saturated carbocycles. The fourth-order valence-electron chi connectivity index (χ4n) is 1.66. The van der Waals surface area contributed by atoms with Gasteiger partial charge in [-0.3, -0.25) is 9.78 Å². The number of pyridine rings is 1. The Morgan fingerprint density at radius 3 is 2.63 bits per heavy atom. The van der Waals surface area contributed by atoms with Crippen molar-refractivity contribution in [2.45, 2.75) is 13.0 Å². The summed E-state index contributed by atoms with van der Waals surface area (Å²) >= 11 is 0. The van der Waals surface area contributed by atoms with E-state index < -0.39 is 0 Å². The van der Waals surface area contributed by atoms with Crippen LogP contribution in [0.3, 0.4) is 0 Å². The van der Waals surface area contributed by atoms with E-state index in [0.29, 0.717) is 12.4 Å². The van der Waals surface area contributed by atoms with Crippen LogP contribution in [0.5, 0.6) is 5.75 Å². The molecule has 4 nitrogen and oxygen atoms in total. The van der Waals surface area contributed by atoms with E-state index >= 15 is 0 Å². The number of hydrogen-bond donors (Lipinski definition) is 0. The van der Waals surface area contributed by atoms with Crippen LogP contribution in [0.25, 0.3) is 0 Å². The van der Waals surface area contributed by atoms with Crippen LogP contribution in [0, 0.1) is 0 Å². The average molecular weight is 257 g/mol. The third-order valence-electron chi connectivity index (χ3n) is 2.68. The predicted molar refractivity (Wildman–Crippen MR) is 70.7 cm³/mol. The first-order valence-corrected chi connectivity index (χ1v) is 5.96. The number of nitrogens with zero attached hydrogens (tertiary/aromatic N) is 1. The van der Waals surface area contributed by atoms with Gasteiger partial charge in [-0.1, -0.05) is 18.2 Å². The summed E-state index contributed by atoms with van der Waals surface area (Å²) in [5.41, 5.74) is 1.85. The van der Waals surface area contributed by atoms with Crippen molar-refractivity contribution < 1.29 is 14.3 Å². The lowest BCUT2D eigenvalue weighted by molar-refractivity contribution is -0.139. The van der Waals surface area contributed by atoms with Gasteiger partial charge in [0.15, 0.2) is 0 Å². The molecule has 0 N–H and O–H groups in total. The first-order chi connectivity index (χ1) is 9.29. The molecule has 0 aliphatic rings. The van der Waals surface area contributed by atoms with Crippen LogP contribution < -0.4 is 4.74 Å². The highest BCUT2D eigenvalue weighted by Crippen LogP contribution is 2.20. The van der Waals surface area contributed by atoms with E-state index in [1.165, 1.54) is 7.11 Å². The predicted octanol–water partition coefficient (Wildman–Crippen LogP) is 2.38. The minimum atomic E-state index is -0.278. The Bertz CT molecular complexity index is 540. The van der Waals surface area contributed by atoms with E-state index in [4.69, 9.17) is 4.74 Å². The Morgan fingerprint density at radius 1 is 1.16 bits per heavy atom. The molecule has 4 heteroatoms. The molecular formula is C15H15NO3. The Balaban J connectivity index is 2.05. The zero-order chi connectivity index (χ0) is 13.5. The molecule has 2 aromatic rings. The minimum Gasteiger partial charge on any atom is -0.489 e. The fraction of sp³-hybridized carbons (Fsp3) is 0.200. The molecule has 0 aliphatic carbocycles. The van der Waals surface area contributed by atoms with Crippen LogP contribution in [0.1, 0.15) is 11.1 Å². The van der Waals surface area contributed by atoms with Crippen LogP contribution in [0.15, 0.2) is 48.8 Å². The zero-order valence-corrected chi connectivity index (χ0v) is 10.7. The lowest BCUT2D eigenvalue weighted by Crippen LogP contribution is -2.06. The van der Waals surface area contributed by atoms with Crippen molar-refractivity contribution in [1.29, 1.82) is 0 Å². The van der Waals surface area contributed by atoms with Gasteiger partial charge in [-0.15, -0.1) is 0 Å². The molecule has 1 heterocycles. The standard InChI is InChI=1S/C15H15NO3/c1-18-15(17)10-13-4-2-3-5-14(13)19-11-12-6-8-16-9-7-12/h2-9H,10-11H2,1H3. The van der Waals surface area contributed by atoms with E-state index in [9.17, 15) is 4.79 Å². The summed E-state index contributed by atoms with van der Waals surface area (Å²) in [7, 11) is 1.38. The highest BCUT2D eigenvalue weighted by atomic mass is 16.5. The molecule has 19 heavy (non-hydrogen) atoms. The molecule has 0 amide bonds. The molecule has 1 aromatic heterocycles. The summed E-state index contributed by atoms with van der Waals surface area (Å²) in [6.45, 7) is 0.445. The number of carbonyl (C=O) groups is 1. The van der Waals surface area contributed by atoms with Crippen LogP contribution in [0.4, 0.5) is 0 Å². The van der Waals surface area contributed by atoms with Gasteiger partial charge in [-0.05, 0) is 23.8 Å². The smallest absolute Gasteiger partial charge is 0.310 e. The van der Waals surface area contributed by atoms with Gasteiger partial charge in [-0.25, -0.2) is 0 Å². The Morgan fingerprint density at radius 2 is 1.89 bits per heavy atom. The zero-order valence-electron chi connectivity index (χ0n) is 10.7. The SMILES string of the molecule is COC(=O)Cc1ccccc1OCc1ccncc1. The van der Waals surface area contributed by atoms with Gasteiger partial charge < -0.3 is 9.47 Å². The maximum absolute atomic E-state index is 11.3. The summed E-state index contributed by atoms with van der Waals surface area (Å²) in [5, 5.41) is 0. The summed E-state index contributed by atoms with van der Waals surface area (Å²) in [4.78, 5) is 15.3. The fourth-order valence-corrected chi connectivity index (χ4v) is 1.66. The number of carbonyl (C=O) groups excluding carboxylic acids is 1. The number of benzene rings is 1. The van der Waals surface area contributed by atoms with E-state index in [1.54, 1.807) is 12.4 Å². The van der Waals surface area contributed by atoms with Crippen molar-refractivity contribution in [2.24, 2.45) is 0 Å². The molecule has 0 aliphatic heterocycles. The number of rotatable bonds is 5. The molecule has 0 atom stereocenters. The number of esters is 1. The Hall–Kier alpha value is -2.36. The normalized spacial score (nSPS) is 9.95. The van der Waals surface area contributed by atoms with Gasteiger partial charge >= 0.3 is 5.97 Å². The third kappa shape index (κ3) is 3.81. The van der Waals surface area contributed by atoms with Crippen LogP contribution in [-0.4, -0.2) is 18.1 Å². The molecule has 0 radical (unpaired) electrons. The van der Waals surface area contributed by atoms with Crippen LogP contribution in [0.2, 0.25) is 0 Å². The minimum absolute atomic E-state index is 0.211. The summed E-state index contributed by atoms with van der Waals surface area (Å²) in [6.07, 6.45) is 3.65. The van der Waals surface area contributed by atoms with E-state index in [2.05, 4.69) is 9.72 Å². The van der Waals surface area contributed by atoms with Gasteiger partial charge in [-0.2, -0.15) is 0 Å². The number of aromatic nitrogens is 1. The second kappa shape index (κ2) is 6.54. The van der Waals surface area contributed by atoms with Crippen LogP contribution in [-0.2, 0) is 22.6 Å². The molecule has 2 rings (SSSR count). The van der Waals surface area contributed by atoms with Crippen molar-refractivity contribution in [3.8, 4) is 5.75 Å². The van der Waals surface area contributed by atoms with Gasteiger partial charge in [0.1, 0.15) is 12.4 Å². The lowest BCUT2D eigenvalue weighted by atomic mass is 10.1. The second-order valence-corrected chi connectivity index (χ2v) is 4.00. The third-order valence-corrected chi connectivity index (χ3v) is 2.68. The molecule has 0 bridgehead atoms. The van der Waals surface area contributed by atoms with Gasteiger partial charge in [0.2, 0.25) is 0 Å². The van der Waals surface area contributed by atoms with Gasteiger partial charge in [0.05, 0.1) is 13.5 Å². The van der Waals surface area contributed by atoms with Crippen molar-refractivity contribution in [2.75, 3.05) is 7.11 Å². The molecule has 0 fully saturated rings. The van der Waals surface area contributed by atoms with E-state index in [1.807, 2.05) is 36.4 Å². The monoisotopic (exact) mass is 257 g/mol. The van der Waals surface area contributed by atoms with E-state index in [-0.39, 0.29) is 12.4 Å². The van der Waals surface area contributed by atoms with Crippen molar-refractivity contribution in [3.63, 3.8) is 0 Å². The topological polar surface area (TPSA) is 48.4 Å². The number of para-hydroxylation sites is 1. The van der Waals surface area contributed by atoms with Gasteiger partial charge in [0.25, 0.3) is 0 Å². The van der Waals surface area contributed by atoms with Crippen molar-refractivity contribution in [3.05, 3.63) is 59.9 Å². The summed E-state index contributed by atoms with van der Waals surface area (Å²) in [6, 6.07) is 11.2. The maximum Gasteiger partial charge on any atom is 0.310 e. The summed E-state index contributed by atoms with van der Waals surface area (Å²) in [5.74, 6) is 0.421. The molecular weight excluding hydrogens is 242 g/mol. The largest absolute Gasteiger partial charge is 0.489 e. The summed E-state index contributed by atoms with van der Waals surface area (Å²) < 4.78 is 10.4. The molecule has 98 valence electrons. The van der Waals surface area contributed by atoms with Crippen molar-refractivity contribution >= 4 is 5.97 Å².